The van der Waals surface area contributed by atoms with Crippen molar-refractivity contribution in [2.24, 2.45) is 17.6 Å². The van der Waals surface area contributed by atoms with Gasteiger partial charge in [-0.05, 0) is 37.4 Å². The molecule has 17 heavy (non-hydrogen) atoms. The van der Waals surface area contributed by atoms with Crippen molar-refractivity contribution in [2.45, 2.75) is 19.3 Å². The van der Waals surface area contributed by atoms with E-state index in [2.05, 4.69) is 5.32 Å². The van der Waals surface area contributed by atoms with Gasteiger partial charge in [-0.1, -0.05) is 12.5 Å². The molecule has 2 unspecified atom stereocenters. The normalized spacial score (nSPS) is 23.6. The van der Waals surface area contributed by atoms with Crippen LogP contribution >= 0.6 is 0 Å². The number of carbonyl (C=O) groups excluding carboxylic acids is 1. The molecule has 0 spiro atoms. The Balaban J connectivity index is 2.01. The van der Waals surface area contributed by atoms with Gasteiger partial charge in [0.1, 0.15) is 5.75 Å². The molecule has 0 aromatic heterocycles. The topological polar surface area (TPSA) is 75.4 Å². The summed E-state index contributed by atoms with van der Waals surface area (Å²) in [6.45, 7) is 0.568. The summed E-state index contributed by atoms with van der Waals surface area (Å²) in [6.07, 6.45) is 3.02. The molecule has 0 saturated heterocycles. The van der Waals surface area contributed by atoms with E-state index in [1.807, 2.05) is 0 Å². The second-order valence-electron chi connectivity index (χ2n) is 4.57. The molecular weight excluding hydrogens is 216 g/mol. The number of anilines is 1. The molecular formula is C13H18N2O2. The largest absolute Gasteiger partial charge is 0.508 e. The number of amides is 1. The van der Waals surface area contributed by atoms with Crippen LogP contribution in [0.3, 0.4) is 0 Å². The second-order valence-corrected chi connectivity index (χ2v) is 4.57. The summed E-state index contributed by atoms with van der Waals surface area (Å²) >= 11 is 0. The zero-order valence-electron chi connectivity index (χ0n) is 9.73. The molecule has 1 fully saturated rings. The Morgan fingerprint density at radius 1 is 1.47 bits per heavy atom. The summed E-state index contributed by atoms with van der Waals surface area (Å²) < 4.78 is 0. The van der Waals surface area contributed by atoms with Crippen LogP contribution in [-0.4, -0.2) is 17.6 Å². The molecule has 0 bridgehead atoms. The lowest BCUT2D eigenvalue weighted by atomic mass is 9.95. The third-order valence-electron chi connectivity index (χ3n) is 3.41. The van der Waals surface area contributed by atoms with Crippen molar-refractivity contribution in [2.75, 3.05) is 11.9 Å². The monoisotopic (exact) mass is 234 g/mol. The van der Waals surface area contributed by atoms with E-state index in [1.54, 1.807) is 24.3 Å². The van der Waals surface area contributed by atoms with Crippen molar-refractivity contribution in [3.8, 4) is 5.75 Å². The number of rotatable bonds is 3. The van der Waals surface area contributed by atoms with Crippen LogP contribution in [0.15, 0.2) is 24.3 Å². The zero-order chi connectivity index (χ0) is 12.3. The van der Waals surface area contributed by atoms with Crippen molar-refractivity contribution in [3.05, 3.63) is 24.3 Å². The standard InChI is InChI=1S/C13H18N2O2/c14-8-9-3-1-6-12(9)13(17)15-10-4-2-5-11(16)7-10/h2,4-5,7,9,12,16H,1,3,6,8,14H2,(H,15,17). The minimum atomic E-state index is 0.0161. The lowest BCUT2D eigenvalue weighted by Gasteiger charge is -2.17. The third kappa shape index (κ3) is 2.77. The molecule has 1 aliphatic carbocycles. The highest BCUT2D eigenvalue weighted by Crippen LogP contribution is 2.32. The van der Waals surface area contributed by atoms with Crippen LogP contribution in [0.25, 0.3) is 0 Å². The molecule has 2 rings (SSSR count). The average molecular weight is 234 g/mol. The van der Waals surface area contributed by atoms with Crippen LogP contribution in [0.2, 0.25) is 0 Å². The van der Waals surface area contributed by atoms with E-state index in [4.69, 9.17) is 5.73 Å². The van der Waals surface area contributed by atoms with Crippen LogP contribution in [0.4, 0.5) is 5.69 Å². The summed E-state index contributed by atoms with van der Waals surface area (Å²) in [5, 5.41) is 12.2. The average Bonchev–Trinajstić information content (AvgIpc) is 2.77. The number of benzene rings is 1. The van der Waals surface area contributed by atoms with Gasteiger partial charge in [-0.25, -0.2) is 0 Å². The maximum Gasteiger partial charge on any atom is 0.227 e. The van der Waals surface area contributed by atoms with Gasteiger partial charge in [0, 0.05) is 17.7 Å². The molecule has 1 aliphatic rings. The maximum atomic E-state index is 12.0. The Kier molecular flexibility index (Phi) is 3.64. The number of aromatic hydroxyl groups is 1. The quantitative estimate of drug-likeness (QED) is 0.745. The molecule has 1 aromatic rings. The summed E-state index contributed by atoms with van der Waals surface area (Å²) in [4.78, 5) is 12.0. The first kappa shape index (κ1) is 11.9. The van der Waals surface area contributed by atoms with Crippen molar-refractivity contribution in [1.29, 1.82) is 0 Å². The molecule has 0 radical (unpaired) electrons. The molecule has 4 N–H and O–H groups in total. The Labute approximate surface area is 101 Å². The van der Waals surface area contributed by atoms with E-state index >= 15 is 0 Å². The lowest BCUT2D eigenvalue weighted by Crippen LogP contribution is -2.29. The van der Waals surface area contributed by atoms with Crippen molar-refractivity contribution < 1.29 is 9.90 Å². The highest BCUT2D eigenvalue weighted by molar-refractivity contribution is 5.93. The Hall–Kier alpha value is -1.55. The Morgan fingerprint density at radius 2 is 2.29 bits per heavy atom. The number of nitrogens with two attached hydrogens (primary N) is 1. The number of hydrogen-bond acceptors (Lipinski definition) is 3. The Morgan fingerprint density at radius 3 is 3.00 bits per heavy atom. The number of carbonyl (C=O) groups is 1. The second kappa shape index (κ2) is 5.19. The van der Waals surface area contributed by atoms with Gasteiger partial charge in [-0.2, -0.15) is 0 Å². The van der Waals surface area contributed by atoms with Gasteiger partial charge in [0.15, 0.2) is 0 Å². The summed E-state index contributed by atoms with van der Waals surface area (Å²) in [5.74, 6) is 0.489. The molecule has 0 aliphatic heterocycles. The highest BCUT2D eigenvalue weighted by Gasteiger charge is 2.31. The van der Waals surface area contributed by atoms with E-state index in [1.165, 1.54) is 0 Å². The Bertz CT molecular complexity index is 406. The van der Waals surface area contributed by atoms with Gasteiger partial charge < -0.3 is 16.2 Å². The maximum absolute atomic E-state index is 12.0. The molecule has 92 valence electrons. The number of phenols is 1. The van der Waals surface area contributed by atoms with Gasteiger partial charge in [-0.3, -0.25) is 4.79 Å². The number of hydrogen-bond donors (Lipinski definition) is 3. The van der Waals surface area contributed by atoms with Crippen molar-refractivity contribution in [1.82, 2.24) is 0 Å². The summed E-state index contributed by atoms with van der Waals surface area (Å²) in [7, 11) is 0. The molecule has 0 heterocycles. The molecule has 4 nitrogen and oxygen atoms in total. The lowest BCUT2D eigenvalue weighted by molar-refractivity contribution is -0.120. The molecule has 4 heteroatoms. The zero-order valence-corrected chi connectivity index (χ0v) is 9.73. The minimum Gasteiger partial charge on any atom is -0.508 e. The van der Waals surface area contributed by atoms with E-state index < -0.39 is 0 Å². The highest BCUT2D eigenvalue weighted by atomic mass is 16.3. The first-order valence-electron chi connectivity index (χ1n) is 6.00. The van der Waals surface area contributed by atoms with Gasteiger partial charge in [-0.15, -0.1) is 0 Å². The SMILES string of the molecule is NCC1CCCC1C(=O)Nc1cccc(O)c1. The summed E-state index contributed by atoms with van der Waals surface area (Å²) in [6, 6.07) is 6.60. The predicted octanol–water partition coefficient (Wildman–Crippen LogP) is 1.71. The minimum absolute atomic E-state index is 0.0161. The number of nitrogens with one attached hydrogen (secondary N) is 1. The van der Waals surface area contributed by atoms with Gasteiger partial charge in [0.25, 0.3) is 0 Å². The van der Waals surface area contributed by atoms with E-state index in [0.717, 1.165) is 19.3 Å². The first-order valence-corrected chi connectivity index (χ1v) is 6.00. The van der Waals surface area contributed by atoms with Crippen molar-refractivity contribution >= 4 is 11.6 Å². The van der Waals surface area contributed by atoms with Gasteiger partial charge in [0.05, 0.1) is 0 Å². The third-order valence-corrected chi connectivity index (χ3v) is 3.41. The first-order chi connectivity index (χ1) is 8.20. The van der Waals surface area contributed by atoms with Crippen LogP contribution in [0.5, 0.6) is 5.75 Å². The molecule has 1 aromatic carbocycles. The fraction of sp³-hybridized carbons (Fsp3) is 0.462. The molecule has 1 amide bonds. The fourth-order valence-electron chi connectivity index (χ4n) is 2.48. The van der Waals surface area contributed by atoms with Crippen LogP contribution in [0.1, 0.15) is 19.3 Å². The van der Waals surface area contributed by atoms with Crippen molar-refractivity contribution in [3.63, 3.8) is 0 Å². The van der Waals surface area contributed by atoms with E-state index in [9.17, 15) is 9.90 Å². The predicted molar refractivity (Wildman–Crippen MR) is 66.6 cm³/mol. The molecule has 1 saturated carbocycles. The smallest absolute Gasteiger partial charge is 0.227 e. The van der Waals surface area contributed by atoms with Crippen LogP contribution in [-0.2, 0) is 4.79 Å². The van der Waals surface area contributed by atoms with Crippen LogP contribution < -0.4 is 11.1 Å². The van der Waals surface area contributed by atoms with Gasteiger partial charge in [0.2, 0.25) is 5.91 Å². The van der Waals surface area contributed by atoms with Crippen LogP contribution in [0, 0.1) is 11.8 Å². The van der Waals surface area contributed by atoms with E-state index in [0.29, 0.717) is 18.2 Å². The van der Waals surface area contributed by atoms with E-state index in [-0.39, 0.29) is 17.6 Å². The summed E-state index contributed by atoms with van der Waals surface area (Å²) in [5.41, 5.74) is 6.30. The molecule has 2 atom stereocenters. The van der Waals surface area contributed by atoms with Gasteiger partial charge >= 0.3 is 0 Å². The number of phenolic OH excluding ortho intramolecular Hbond substituents is 1. The fourth-order valence-corrected chi connectivity index (χ4v) is 2.48.